The largest absolute Gasteiger partial charge is 0.434 e. The number of hydrogen-bond acceptors (Lipinski definition) is 4. The smallest absolute Gasteiger partial charge is 0.392 e. The topological polar surface area (TPSA) is 68.1 Å². The zero-order valence-electron chi connectivity index (χ0n) is 6.58. The summed E-state index contributed by atoms with van der Waals surface area (Å²) in [6.45, 7) is 1.40. The third-order valence-electron chi connectivity index (χ3n) is 1.96. The van der Waals surface area contributed by atoms with Crippen LogP contribution in [-0.2, 0) is 4.74 Å². The highest BCUT2D eigenvalue weighted by molar-refractivity contribution is 4.89. The number of ether oxygens (including phenoxy) is 1. The number of nitrogens with zero attached hydrogens (tertiary/aromatic N) is 1. The summed E-state index contributed by atoms with van der Waals surface area (Å²) in [5.74, 6) is 0.132. The van der Waals surface area contributed by atoms with Crippen LogP contribution in [0.4, 0.5) is 0 Å². The van der Waals surface area contributed by atoms with Crippen LogP contribution in [0.3, 0.4) is 0 Å². The molecule has 2 rings (SSSR count). The van der Waals surface area contributed by atoms with Crippen molar-refractivity contribution in [2.24, 2.45) is 0 Å². The molecule has 0 spiro atoms. The third-order valence-corrected chi connectivity index (χ3v) is 1.96. The van der Waals surface area contributed by atoms with Crippen molar-refractivity contribution < 1.29 is 9.15 Å². The summed E-state index contributed by atoms with van der Waals surface area (Å²) in [6, 6.07) is 0. The van der Waals surface area contributed by atoms with Gasteiger partial charge in [0, 0.05) is 6.61 Å². The summed E-state index contributed by atoms with van der Waals surface area (Å²) in [7, 11) is 0. The number of rotatable bonds is 1. The average molecular weight is 170 g/mol. The van der Waals surface area contributed by atoms with Crippen LogP contribution < -0.4 is 5.76 Å². The molecule has 0 amide bonds. The molecule has 0 saturated carbocycles. The Morgan fingerprint density at radius 3 is 3.08 bits per heavy atom. The summed E-state index contributed by atoms with van der Waals surface area (Å²) in [6.07, 6.45) is 1.98. The summed E-state index contributed by atoms with van der Waals surface area (Å²) in [5, 5.41) is 5.99. The van der Waals surface area contributed by atoms with Gasteiger partial charge in [-0.15, -0.1) is 5.10 Å². The van der Waals surface area contributed by atoms with E-state index >= 15 is 0 Å². The van der Waals surface area contributed by atoms with E-state index in [-0.39, 0.29) is 5.92 Å². The SMILES string of the molecule is O=c1[nH]nc(C2CCCOC2)o1. The molecule has 0 aromatic carbocycles. The van der Waals surface area contributed by atoms with E-state index in [0.717, 1.165) is 19.4 Å². The first-order valence-corrected chi connectivity index (χ1v) is 3.99. The maximum Gasteiger partial charge on any atom is 0.434 e. The molecular weight excluding hydrogens is 160 g/mol. The number of aromatic amines is 1. The number of hydrogen-bond donors (Lipinski definition) is 1. The minimum Gasteiger partial charge on any atom is -0.392 e. The fraction of sp³-hybridized carbons (Fsp3) is 0.714. The minimum absolute atomic E-state index is 0.151. The van der Waals surface area contributed by atoms with Crippen LogP contribution in [-0.4, -0.2) is 23.4 Å². The summed E-state index contributed by atoms with van der Waals surface area (Å²) < 4.78 is 10.1. The number of aromatic nitrogens is 2. The van der Waals surface area contributed by atoms with E-state index in [0.29, 0.717) is 12.5 Å². The van der Waals surface area contributed by atoms with Gasteiger partial charge in [0.15, 0.2) is 0 Å². The highest BCUT2D eigenvalue weighted by Crippen LogP contribution is 2.22. The van der Waals surface area contributed by atoms with E-state index in [1.165, 1.54) is 0 Å². The van der Waals surface area contributed by atoms with Gasteiger partial charge in [0.2, 0.25) is 5.89 Å². The van der Waals surface area contributed by atoms with Crippen molar-refractivity contribution in [3.05, 3.63) is 16.4 Å². The van der Waals surface area contributed by atoms with Gasteiger partial charge >= 0.3 is 5.76 Å². The lowest BCUT2D eigenvalue weighted by Gasteiger charge is -2.18. The van der Waals surface area contributed by atoms with Gasteiger partial charge in [-0.05, 0) is 12.8 Å². The molecule has 0 bridgehead atoms. The molecule has 0 radical (unpaired) electrons. The molecule has 5 heteroatoms. The Balaban J connectivity index is 2.13. The Hall–Kier alpha value is -1.10. The molecule has 1 aliphatic heterocycles. The Labute approximate surface area is 68.7 Å². The van der Waals surface area contributed by atoms with Crippen LogP contribution in [0.5, 0.6) is 0 Å². The lowest BCUT2D eigenvalue weighted by Crippen LogP contribution is -2.15. The molecule has 1 atom stereocenters. The van der Waals surface area contributed by atoms with Crippen LogP contribution in [0.25, 0.3) is 0 Å². The normalized spacial score (nSPS) is 24.2. The van der Waals surface area contributed by atoms with E-state index in [1.54, 1.807) is 0 Å². The van der Waals surface area contributed by atoms with E-state index < -0.39 is 5.76 Å². The fourth-order valence-electron chi connectivity index (χ4n) is 1.35. The van der Waals surface area contributed by atoms with Gasteiger partial charge in [0.25, 0.3) is 0 Å². The van der Waals surface area contributed by atoms with Gasteiger partial charge in [-0.2, -0.15) is 0 Å². The molecule has 1 N–H and O–H groups in total. The average Bonchev–Trinajstić information content (AvgIpc) is 2.54. The molecule has 1 aliphatic rings. The minimum atomic E-state index is -0.490. The predicted molar refractivity (Wildman–Crippen MR) is 39.9 cm³/mol. The highest BCUT2D eigenvalue weighted by atomic mass is 16.5. The van der Waals surface area contributed by atoms with E-state index in [2.05, 4.69) is 10.2 Å². The summed E-state index contributed by atoms with van der Waals surface area (Å²) in [4.78, 5) is 10.6. The van der Waals surface area contributed by atoms with Gasteiger partial charge in [-0.25, -0.2) is 9.89 Å². The second-order valence-electron chi connectivity index (χ2n) is 2.87. The molecule has 0 aliphatic carbocycles. The molecule has 12 heavy (non-hydrogen) atoms. The van der Waals surface area contributed by atoms with Gasteiger partial charge in [-0.1, -0.05) is 0 Å². The van der Waals surface area contributed by atoms with Crippen molar-refractivity contribution in [2.45, 2.75) is 18.8 Å². The molecule has 1 unspecified atom stereocenters. The highest BCUT2D eigenvalue weighted by Gasteiger charge is 2.20. The fourth-order valence-corrected chi connectivity index (χ4v) is 1.35. The molecular formula is C7H10N2O3. The predicted octanol–water partition coefficient (Wildman–Crippen LogP) is 0.257. The Morgan fingerprint density at radius 2 is 2.50 bits per heavy atom. The van der Waals surface area contributed by atoms with Crippen molar-refractivity contribution in [3.63, 3.8) is 0 Å². The van der Waals surface area contributed by atoms with Crippen molar-refractivity contribution >= 4 is 0 Å². The standard InChI is InChI=1S/C7H10N2O3/c10-7-9-8-6(12-7)5-2-1-3-11-4-5/h5H,1-4H2,(H,9,10). The van der Waals surface area contributed by atoms with Gasteiger partial charge in [0.1, 0.15) is 0 Å². The lowest BCUT2D eigenvalue weighted by atomic mass is 10.0. The lowest BCUT2D eigenvalue weighted by molar-refractivity contribution is 0.0721. The summed E-state index contributed by atoms with van der Waals surface area (Å²) >= 11 is 0. The number of H-pyrrole nitrogens is 1. The first-order valence-electron chi connectivity index (χ1n) is 3.99. The molecule has 66 valence electrons. The molecule has 1 aromatic heterocycles. The van der Waals surface area contributed by atoms with Crippen molar-refractivity contribution in [1.29, 1.82) is 0 Å². The van der Waals surface area contributed by atoms with Crippen LogP contribution >= 0.6 is 0 Å². The second kappa shape index (κ2) is 3.10. The first-order chi connectivity index (χ1) is 5.86. The zero-order valence-corrected chi connectivity index (χ0v) is 6.58. The molecule has 1 fully saturated rings. The van der Waals surface area contributed by atoms with Gasteiger partial charge < -0.3 is 9.15 Å². The molecule has 5 nitrogen and oxygen atoms in total. The Bertz CT molecular complexity index is 298. The molecule has 2 heterocycles. The summed E-state index contributed by atoms with van der Waals surface area (Å²) in [5.41, 5.74) is 0. The van der Waals surface area contributed by atoms with E-state index in [4.69, 9.17) is 9.15 Å². The van der Waals surface area contributed by atoms with E-state index in [1.807, 2.05) is 0 Å². The first kappa shape index (κ1) is 7.54. The zero-order chi connectivity index (χ0) is 8.39. The second-order valence-corrected chi connectivity index (χ2v) is 2.87. The third kappa shape index (κ3) is 1.40. The molecule has 1 saturated heterocycles. The maximum atomic E-state index is 10.6. The maximum absolute atomic E-state index is 10.6. The van der Waals surface area contributed by atoms with Crippen molar-refractivity contribution in [2.75, 3.05) is 13.2 Å². The monoisotopic (exact) mass is 170 g/mol. The van der Waals surface area contributed by atoms with Crippen molar-refractivity contribution in [1.82, 2.24) is 10.2 Å². The van der Waals surface area contributed by atoms with Gasteiger partial charge in [-0.3, -0.25) is 0 Å². The van der Waals surface area contributed by atoms with Crippen LogP contribution in [0, 0.1) is 0 Å². The van der Waals surface area contributed by atoms with Crippen molar-refractivity contribution in [3.8, 4) is 0 Å². The van der Waals surface area contributed by atoms with Gasteiger partial charge in [0.05, 0.1) is 12.5 Å². The van der Waals surface area contributed by atoms with Crippen LogP contribution in [0.15, 0.2) is 9.21 Å². The van der Waals surface area contributed by atoms with E-state index in [9.17, 15) is 4.79 Å². The molecule has 1 aromatic rings. The van der Waals surface area contributed by atoms with Crippen LogP contribution in [0.1, 0.15) is 24.7 Å². The quantitative estimate of drug-likeness (QED) is 0.656. The Kier molecular flexibility index (Phi) is 1.95. The van der Waals surface area contributed by atoms with Crippen LogP contribution in [0.2, 0.25) is 0 Å². The Morgan fingerprint density at radius 1 is 1.58 bits per heavy atom. The number of nitrogens with one attached hydrogen (secondary N) is 1.